The Bertz CT molecular complexity index is 1010. The highest BCUT2D eigenvalue weighted by atomic mass is 32.2. The van der Waals surface area contributed by atoms with Crippen LogP contribution in [0.3, 0.4) is 0 Å². The zero-order valence-electron chi connectivity index (χ0n) is 16.4. The number of ether oxygens (including phenoxy) is 1. The van der Waals surface area contributed by atoms with E-state index in [1.807, 2.05) is 13.8 Å². The SMILES string of the molecule is C#CCN(C(C(=C)C(=O)OC)c1cc(C)c(C)o1)S(=O)(=O)c1ccc(C)cc1. The van der Waals surface area contributed by atoms with E-state index in [1.165, 1.54) is 19.2 Å². The summed E-state index contributed by atoms with van der Waals surface area (Å²) >= 11 is 0. The van der Waals surface area contributed by atoms with E-state index in [0.717, 1.165) is 15.4 Å². The zero-order valence-corrected chi connectivity index (χ0v) is 17.2. The number of carbonyl (C=O) groups excluding carboxylic acids is 1. The number of nitrogens with zero attached hydrogens (tertiary/aromatic N) is 1. The van der Waals surface area contributed by atoms with E-state index in [-0.39, 0.29) is 22.8 Å². The lowest BCUT2D eigenvalue weighted by atomic mass is 10.1. The molecule has 0 aliphatic carbocycles. The maximum atomic E-state index is 13.4. The fourth-order valence-corrected chi connectivity index (χ4v) is 4.22. The molecular weight excluding hydrogens is 378 g/mol. The standard InChI is InChI=1S/C21H23NO5S/c1-7-12-22(28(24,25)18-10-8-14(2)9-11-18)20(16(4)21(23)26-6)19-13-15(3)17(5)27-19/h1,8-11,13,20H,4,12H2,2-3,5-6H3. The summed E-state index contributed by atoms with van der Waals surface area (Å²) in [4.78, 5) is 12.3. The van der Waals surface area contributed by atoms with Gasteiger partial charge < -0.3 is 9.15 Å². The van der Waals surface area contributed by atoms with E-state index >= 15 is 0 Å². The van der Waals surface area contributed by atoms with Crippen molar-refractivity contribution in [1.82, 2.24) is 4.31 Å². The van der Waals surface area contributed by atoms with Crippen molar-refractivity contribution in [2.75, 3.05) is 13.7 Å². The highest BCUT2D eigenvalue weighted by molar-refractivity contribution is 7.89. The first-order chi connectivity index (χ1) is 13.1. The van der Waals surface area contributed by atoms with E-state index < -0.39 is 22.0 Å². The molecule has 7 heteroatoms. The van der Waals surface area contributed by atoms with Crippen molar-refractivity contribution >= 4 is 16.0 Å². The van der Waals surface area contributed by atoms with Crippen LogP contribution in [0.1, 0.15) is 28.7 Å². The largest absolute Gasteiger partial charge is 0.466 e. The Hall–Kier alpha value is -2.82. The monoisotopic (exact) mass is 401 g/mol. The fourth-order valence-electron chi connectivity index (χ4n) is 2.72. The number of aryl methyl sites for hydroxylation is 3. The van der Waals surface area contributed by atoms with Gasteiger partial charge in [0.15, 0.2) is 0 Å². The third kappa shape index (κ3) is 4.19. The summed E-state index contributed by atoms with van der Waals surface area (Å²) in [6, 6.07) is 6.89. The molecule has 6 nitrogen and oxygen atoms in total. The van der Waals surface area contributed by atoms with Crippen molar-refractivity contribution < 1.29 is 22.4 Å². The molecule has 1 atom stereocenters. The predicted octanol–water partition coefficient (Wildman–Crippen LogP) is 3.30. The molecule has 0 fully saturated rings. The third-order valence-corrected chi connectivity index (χ3v) is 6.22. The quantitative estimate of drug-likeness (QED) is 0.404. The number of carbonyl (C=O) groups is 1. The van der Waals surface area contributed by atoms with Gasteiger partial charge >= 0.3 is 5.97 Å². The summed E-state index contributed by atoms with van der Waals surface area (Å²) in [5, 5.41) is 0. The number of sulfonamides is 1. The summed E-state index contributed by atoms with van der Waals surface area (Å²) < 4.78 is 38.2. The van der Waals surface area contributed by atoms with E-state index in [2.05, 4.69) is 12.5 Å². The lowest BCUT2D eigenvalue weighted by Crippen LogP contribution is -2.37. The predicted molar refractivity (Wildman–Crippen MR) is 106 cm³/mol. The number of hydrogen-bond acceptors (Lipinski definition) is 5. The van der Waals surface area contributed by atoms with Gasteiger partial charge in [-0.3, -0.25) is 0 Å². The maximum Gasteiger partial charge on any atom is 0.335 e. The van der Waals surface area contributed by atoms with Crippen LogP contribution in [0.5, 0.6) is 0 Å². The molecule has 0 aliphatic rings. The number of hydrogen-bond donors (Lipinski definition) is 0. The van der Waals surface area contributed by atoms with Crippen LogP contribution in [0.2, 0.25) is 0 Å². The summed E-state index contributed by atoms with van der Waals surface area (Å²) in [5.74, 6) is 2.45. The van der Waals surface area contributed by atoms with Crippen molar-refractivity contribution in [1.29, 1.82) is 0 Å². The smallest absolute Gasteiger partial charge is 0.335 e. The van der Waals surface area contributed by atoms with Crippen molar-refractivity contribution in [2.45, 2.75) is 31.7 Å². The van der Waals surface area contributed by atoms with Gasteiger partial charge in [-0.25, -0.2) is 13.2 Å². The van der Waals surface area contributed by atoms with Gasteiger partial charge in [0.2, 0.25) is 10.0 Å². The summed E-state index contributed by atoms with van der Waals surface area (Å²) in [6.07, 6.45) is 5.46. The fraction of sp³-hybridized carbons (Fsp3) is 0.286. The molecule has 1 aromatic carbocycles. The Morgan fingerprint density at radius 3 is 2.36 bits per heavy atom. The topological polar surface area (TPSA) is 76.8 Å². The average Bonchev–Trinajstić information content (AvgIpc) is 2.99. The second kappa shape index (κ2) is 8.46. The Morgan fingerprint density at radius 1 is 1.29 bits per heavy atom. The first-order valence-electron chi connectivity index (χ1n) is 8.49. The Morgan fingerprint density at radius 2 is 1.89 bits per heavy atom. The molecule has 0 saturated carbocycles. The van der Waals surface area contributed by atoms with E-state index in [4.69, 9.17) is 15.6 Å². The number of methoxy groups -OCH3 is 1. The van der Waals surface area contributed by atoms with Crippen molar-refractivity contribution in [3.8, 4) is 12.3 Å². The van der Waals surface area contributed by atoms with Gasteiger partial charge in [0.05, 0.1) is 24.1 Å². The van der Waals surface area contributed by atoms with E-state index in [1.54, 1.807) is 25.1 Å². The van der Waals surface area contributed by atoms with Gasteiger partial charge in [-0.1, -0.05) is 30.2 Å². The maximum absolute atomic E-state index is 13.4. The molecule has 28 heavy (non-hydrogen) atoms. The lowest BCUT2D eigenvalue weighted by molar-refractivity contribution is -0.136. The molecule has 0 saturated heterocycles. The van der Waals surface area contributed by atoms with Gasteiger partial charge in [0.25, 0.3) is 0 Å². The molecule has 1 aromatic heterocycles. The molecule has 0 N–H and O–H groups in total. The van der Waals surface area contributed by atoms with Crippen molar-refractivity contribution in [3.05, 3.63) is 65.1 Å². The van der Waals surface area contributed by atoms with Gasteiger partial charge in [-0.05, 0) is 44.5 Å². The number of esters is 1. The molecule has 0 aliphatic heterocycles. The minimum atomic E-state index is -4.06. The molecule has 1 unspecified atom stereocenters. The molecule has 0 spiro atoms. The van der Waals surface area contributed by atoms with Crippen molar-refractivity contribution in [2.24, 2.45) is 0 Å². The normalized spacial score (nSPS) is 12.4. The van der Waals surface area contributed by atoms with Crippen LogP contribution in [0, 0.1) is 33.1 Å². The van der Waals surface area contributed by atoms with E-state index in [0.29, 0.717) is 5.76 Å². The molecule has 2 rings (SSSR count). The van der Waals surface area contributed by atoms with Crippen LogP contribution >= 0.6 is 0 Å². The Labute approximate surface area is 165 Å². The van der Waals surface area contributed by atoms with Gasteiger partial charge in [0, 0.05) is 0 Å². The lowest BCUT2D eigenvalue weighted by Gasteiger charge is -2.28. The average molecular weight is 401 g/mol. The summed E-state index contributed by atoms with van der Waals surface area (Å²) in [6.45, 7) is 8.89. The second-order valence-corrected chi connectivity index (χ2v) is 8.27. The van der Waals surface area contributed by atoms with Crippen LogP contribution < -0.4 is 0 Å². The number of benzene rings is 1. The molecule has 0 radical (unpaired) electrons. The first kappa shape index (κ1) is 21.5. The number of furan rings is 1. The number of rotatable bonds is 7. The molecule has 0 amide bonds. The van der Waals surface area contributed by atoms with Crippen LogP contribution in [0.15, 0.2) is 51.8 Å². The molecule has 0 bridgehead atoms. The summed E-state index contributed by atoms with van der Waals surface area (Å²) in [5.41, 5.74) is 1.63. The minimum Gasteiger partial charge on any atom is -0.466 e. The van der Waals surface area contributed by atoms with Crippen LogP contribution in [-0.4, -0.2) is 32.3 Å². The minimum absolute atomic E-state index is 0.0519. The molecule has 2 aromatic rings. The summed E-state index contributed by atoms with van der Waals surface area (Å²) in [7, 11) is -2.86. The van der Waals surface area contributed by atoms with Gasteiger partial charge in [-0.2, -0.15) is 4.31 Å². The number of terminal acetylenes is 1. The van der Waals surface area contributed by atoms with Crippen LogP contribution in [-0.2, 0) is 19.6 Å². The Balaban J connectivity index is 2.67. The highest BCUT2D eigenvalue weighted by Crippen LogP contribution is 2.35. The van der Waals surface area contributed by atoms with Gasteiger partial charge in [0.1, 0.15) is 17.6 Å². The second-order valence-electron chi connectivity index (χ2n) is 6.37. The van der Waals surface area contributed by atoms with E-state index in [9.17, 15) is 13.2 Å². The van der Waals surface area contributed by atoms with Crippen LogP contribution in [0.4, 0.5) is 0 Å². The van der Waals surface area contributed by atoms with Gasteiger partial charge in [-0.15, -0.1) is 6.42 Å². The molecular formula is C21H23NO5S. The molecule has 148 valence electrons. The highest BCUT2D eigenvalue weighted by Gasteiger charge is 2.38. The zero-order chi connectivity index (χ0) is 21.1. The van der Waals surface area contributed by atoms with Crippen LogP contribution in [0.25, 0.3) is 0 Å². The van der Waals surface area contributed by atoms with Crippen molar-refractivity contribution in [3.63, 3.8) is 0 Å². The first-order valence-corrected chi connectivity index (χ1v) is 9.93. The molecule has 1 heterocycles. The third-order valence-electron chi connectivity index (χ3n) is 4.39. The Kier molecular flexibility index (Phi) is 6.49.